The second-order valence-corrected chi connectivity index (χ2v) is 3.94. The van der Waals surface area contributed by atoms with Crippen molar-refractivity contribution in [3.05, 3.63) is 46.5 Å². The van der Waals surface area contributed by atoms with Crippen molar-refractivity contribution in [3.8, 4) is 17.1 Å². The fourth-order valence-electron chi connectivity index (χ4n) is 1.80. The number of aromatic nitrogens is 4. The lowest BCUT2D eigenvalue weighted by molar-refractivity contribution is 0.429. The third kappa shape index (κ3) is 1.39. The van der Waals surface area contributed by atoms with E-state index in [2.05, 4.69) is 15.1 Å². The summed E-state index contributed by atoms with van der Waals surface area (Å²) >= 11 is 0. The normalized spacial score (nSPS) is 10.9. The van der Waals surface area contributed by atoms with E-state index in [1.54, 1.807) is 18.5 Å². The van der Waals surface area contributed by atoms with E-state index in [1.165, 1.54) is 11.4 Å². The van der Waals surface area contributed by atoms with Gasteiger partial charge in [0.2, 0.25) is 5.88 Å². The van der Waals surface area contributed by atoms with Gasteiger partial charge in [-0.2, -0.15) is 9.61 Å². The highest BCUT2D eigenvalue weighted by molar-refractivity contribution is 5.74. The molecular formula is C12H10N4O2. The Bertz CT molecular complexity index is 774. The maximum Gasteiger partial charge on any atom is 0.257 e. The van der Waals surface area contributed by atoms with E-state index in [0.29, 0.717) is 16.9 Å². The molecule has 0 atom stereocenters. The second-order valence-electron chi connectivity index (χ2n) is 3.94. The van der Waals surface area contributed by atoms with Gasteiger partial charge in [-0.15, -0.1) is 0 Å². The van der Waals surface area contributed by atoms with Crippen LogP contribution in [0.2, 0.25) is 0 Å². The summed E-state index contributed by atoms with van der Waals surface area (Å²) in [6, 6.07) is 5.46. The third-order valence-electron chi connectivity index (χ3n) is 2.82. The standard InChI is InChI=1S/C12H10N4O2/c1-7-11(17)15-10-8(6-14-16(10)12(7)18)9-4-2-3-5-13-9/h2-6,18H,1H3,(H,15,17). The Kier molecular flexibility index (Phi) is 2.16. The van der Waals surface area contributed by atoms with E-state index >= 15 is 0 Å². The van der Waals surface area contributed by atoms with Gasteiger partial charge in [-0.1, -0.05) is 6.07 Å². The van der Waals surface area contributed by atoms with Crippen LogP contribution in [0.1, 0.15) is 5.56 Å². The second kappa shape index (κ2) is 3.69. The quantitative estimate of drug-likeness (QED) is 0.669. The number of hydrogen-bond donors (Lipinski definition) is 2. The van der Waals surface area contributed by atoms with Gasteiger partial charge < -0.3 is 10.1 Å². The van der Waals surface area contributed by atoms with Gasteiger partial charge in [0, 0.05) is 6.20 Å². The predicted octanol–water partition coefficient (Wildman–Crippen LogP) is 1.10. The fourth-order valence-corrected chi connectivity index (χ4v) is 1.80. The Morgan fingerprint density at radius 2 is 2.22 bits per heavy atom. The van der Waals surface area contributed by atoms with Crippen LogP contribution in [0.4, 0.5) is 0 Å². The van der Waals surface area contributed by atoms with Gasteiger partial charge >= 0.3 is 0 Å². The number of hydrogen-bond acceptors (Lipinski definition) is 4. The van der Waals surface area contributed by atoms with Gasteiger partial charge in [0.15, 0.2) is 0 Å². The molecule has 0 aromatic carbocycles. The zero-order valence-electron chi connectivity index (χ0n) is 9.58. The highest BCUT2D eigenvalue weighted by atomic mass is 16.3. The minimum atomic E-state index is -0.335. The SMILES string of the molecule is Cc1c(O)n2ncc(-c3ccccn3)c2[nH]c1=O. The summed E-state index contributed by atoms with van der Waals surface area (Å²) in [6.45, 7) is 1.54. The van der Waals surface area contributed by atoms with Crippen LogP contribution in [-0.4, -0.2) is 24.7 Å². The first-order valence-electron chi connectivity index (χ1n) is 5.39. The van der Waals surface area contributed by atoms with Crippen molar-refractivity contribution in [1.29, 1.82) is 0 Å². The number of aromatic hydroxyl groups is 1. The summed E-state index contributed by atoms with van der Waals surface area (Å²) < 4.78 is 1.29. The first kappa shape index (κ1) is 10.5. The van der Waals surface area contributed by atoms with Crippen LogP contribution in [0.3, 0.4) is 0 Å². The predicted molar refractivity (Wildman–Crippen MR) is 65.4 cm³/mol. The summed E-state index contributed by atoms with van der Waals surface area (Å²) in [7, 11) is 0. The molecule has 3 rings (SSSR count). The molecule has 0 bridgehead atoms. The number of aromatic amines is 1. The summed E-state index contributed by atoms with van der Waals surface area (Å²) in [5, 5.41) is 13.9. The van der Waals surface area contributed by atoms with E-state index < -0.39 is 0 Å². The van der Waals surface area contributed by atoms with Crippen LogP contribution < -0.4 is 5.56 Å². The van der Waals surface area contributed by atoms with Crippen molar-refractivity contribution in [2.45, 2.75) is 6.92 Å². The lowest BCUT2D eigenvalue weighted by atomic mass is 10.2. The molecule has 3 heterocycles. The molecule has 0 aliphatic rings. The minimum absolute atomic E-state index is 0.157. The number of nitrogens with one attached hydrogen (secondary N) is 1. The van der Waals surface area contributed by atoms with Crippen molar-refractivity contribution < 1.29 is 5.11 Å². The fraction of sp³-hybridized carbons (Fsp3) is 0.0833. The summed E-state index contributed by atoms with van der Waals surface area (Å²) in [5.41, 5.74) is 1.69. The van der Waals surface area contributed by atoms with Crippen LogP contribution >= 0.6 is 0 Å². The summed E-state index contributed by atoms with van der Waals surface area (Å²) in [5.74, 6) is -0.157. The van der Waals surface area contributed by atoms with Crippen LogP contribution in [0.15, 0.2) is 35.4 Å². The molecule has 18 heavy (non-hydrogen) atoms. The maximum absolute atomic E-state index is 11.7. The molecule has 0 saturated heterocycles. The number of rotatable bonds is 1. The molecule has 90 valence electrons. The van der Waals surface area contributed by atoms with Crippen LogP contribution in [0.5, 0.6) is 5.88 Å². The van der Waals surface area contributed by atoms with Crippen molar-refractivity contribution >= 4 is 5.65 Å². The van der Waals surface area contributed by atoms with Gasteiger partial charge in [0.25, 0.3) is 5.56 Å². The number of fused-ring (bicyclic) bond motifs is 1. The Labute approximate surface area is 102 Å². The molecule has 3 aromatic heterocycles. The summed E-state index contributed by atoms with van der Waals surface area (Å²) in [6.07, 6.45) is 3.22. The number of nitrogens with zero attached hydrogens (tertiary/aromatic N) is 3. The van der Waals surface area contributed by atoms with Gasteiger partial charge in [-0.05, 0) is 19.1 Å². The van der Waals surface area contributed by atoms with E-state index in [9.17, 15) is 9.90 Å². The molecule has 0 fully saturated rings. The Balaban J connectivity index is 2.38. The summed E-state index contributed by atoms with van der Waals surface area (Å²) in [4.78, 5) is 18.5. The van der Waals surface area contributed by atoms with Gasteiger partial charge in [-0.3, -0.25) is 9.78 Å². The molecule has 0 radical (unpaired) electrons. The van der Waals surface area contributed by atoms with Crippen LogP contribution in [0, 0.1) is 6.92 Å². The maximum atomic E-state index is 11.7. The average molecular weight is 242 g/mol. The third-order valence-corrected chi connectivity index (χ3v) is 2.82. The van der Waals surface area contributed by atoms with Crippen molar-refractivity contribution in [2.75, 3.05) is 0 Å². The zero-order valence-corrected chi connectivity index (χ0v) is 9.58. The Hall–Kier alpha value is -2.63. The Morgan fingerprint density at radius 1 is 1.39 bits per heavy atom. The lowest BCUT2D eigenvalue weighted by Crippen LogP contribution is -2.12. The van der Waals surface area contributed by atoms with E-state index in [-0.39, 0.29) is 17.0 Å². The molecule has 6 nitrogen and oxygen atoms in total. The molecule has 0 saturated carbocycles. The topological polar surface area (TPSA) is 83.3 Å². The van der Waals surface area contributed by atoms with Crippen molar-refractivity contribution in [1.82, 2.24) is 19.6 Å². The monoisotopic (exact) mass is 242 g/mol. The van der Waals surface area contributed by atoms with E-state index in [1.807, 2.05) is 12.1 Å². The van der Waals surface area contributed by atoms with Gasteiger partial charge in [-0.25, -0.2) is 0 Å². The highest BCUT2D eigenvalue weighted by Crippen LogP contribution is 2.23. The van der Waals surface area contributed by atoms with Gasteiger partial charge in [0.05, 0.1) is 23.0 Å². The molecule has 0 aliphatic carbocycles. The average Bonchev–Trinajstić information content (AvgIpc) is 2.81. The molecule has 0 amide bonds. The molecule has 0 unspecified atom stereocenters. The van der Waals surface area contributed by atoms with E-state index in [4.69, 9.17) is 0 Å². The van der Waals surface area contributed by atoms with Crippen LogP contribution in [0.25, 0.3) is 16.9 Å². The van der Waals surface area contributed by atoms with E-state index in [0.717, 1.165) is 0 Å². The Morgan fingerprint density at radius 3 is 2.94 bits per heavy atom. The lowest BCUT2D eigenvalue weighted by Gasteiger charge is -2.02. The van der Waals surface area contributed by atoms with Crippen molar-refractivity contribution in [3.63, 3.8) is 0 Å². The number of H-pyrrole nitrogens is 1. The molecule has 0 aliphatic heterocycles. The first-order chi connectivity index (χ1) is 8.68. The van der Waals surface area contributed by atoms with Crippen molar-refractivity contribution in [2.24, 2.45) is 0 Å². The molecule has 3 aromatic rings. The largest absolute Gasteiger partial charge is 0.493 e. The highest BCUT2D eigenvalue weighted by Gasteiger charge is 2.13. The molecule has 6 heteroatoms. The molecular weight excluding hydrogens is 232 g/mol. The number of pyridine rings is 1. The smallest absolute Gasteiger partial charge is 0.257 e. The first-order valence-corrected chi connectivity index (χ1v) is 5.39. The molecule has 0 spiro atoms. The zero-order chi connectivity index (χ0) is 12.7. The van der Waals surface area contributed by atoms with Crippen LogP contribution in [-0.2, 0) is 0 Å². The van der Waals surface area contributed by atoms with Gasteiger partial charge in [0.1, 0.15) is 5.65 Å². The minimum Gasteiger partial charge on any atom is -0.493 e. The molecule has 2 N–H and O–H groups in total.